The molecule has 0 aliphatic heterocycles. The second-order valence-corrected chi connectivity index (χ2v) is 9.01. The number of nitrogens with zero attached hydrogens (tertiary/aromatic N) is 1. The van der Waals surface area contributed by atoms with E-state index >= 15 is 0 Å². The molecule has 2 aromatic carbocycles. The second kappa shape index (κ2) is 9.47. The summed E-state index contributed by atoms with van der Waals surface area (Å²) in [6, 6.07) is 10.2. The van der Waals surface area contributed by atoms with Gasteiger partial charge in [0.1, 0.15) is 0 Å². The molecule has 1 heterocycles. The minimum absolute atomic E-state index is 0.156. The van der Waals surface area contributed by atoms with Gasteiger partial charge in [-0.2, -0.15) is 8.42 Å². The highest BCUT2D eigenvalue weighted by molar-refractivity contribution is 7.85. The van der Waals surface area contributed by atoms with Crippen LogP contribution in [-0.2, 0) is 10.1 Å². The van der Waals surface area contributed by atoms with E-state index < -0.39 is 16.2 Å². The monoisotopic (exact) mass is 476 g/mol. The van der Waals surface area contributed by atoms with E-state index in [1.807, 2.05) is 25.1 Å². The van der Waals surface area contributed by atoms with Gasteiger partial charge in [0.25, 0.3) is 10.1 Å². The van der Waals surface area contributed by atoms with Gasteiger partial charge in [-0.3, -0.25) is 13.9 Å². The van der Waals surface area contributed by atoms with Gasteiger partial charge in [-0.05, 0) is 42.3 Å². The van der Waals surface area contributed by atoms with Crippen LogP contribution < -0.4 is 5.73 Å². The Morgan fingerprint density at radius 3 is 2.31 bits per heavy atom. The van der Waals surface area contributed by atoms with Crippen LogP contribution in [0.25, 0.3) is 22.0 Å². The van der Waals surface area contributed by atoms with E-state index in [0.29, 0.717) is 27.7 Å². The molecular weight excluding hydrogens is 459 g/mol. The van der Waals surface area contributed by atoms with E-state index in [1.165, 1.54) is 0 Å². The van der Waals surface area contributed by atoms with Gasteiger partial charge in [0.05, 0.1) is 27.9 Å². The first-order chi connectivity index (χ1) is 13.4. The number of hydrogen-bond donors (Lipinski definition) is 2. The minimum Gasteiger partial charge on any atom is -0.320 e. The van der Waals surface area contributed by atoms with Gasteiger partial charge in [0.2, 0.25) is 5.91 Å². The smallest absolute Gasteiger partial charge is 0.261 e. The molecule has 1 atom stereocenters. The van der Waals surface area contributed by atoms with Crippen LogP contribution in [0.5, 0.6) is 0 Å². The quantitative estimate of drug-likeness (QED) is 0.508. The number of hydrogen-bond acceptors (Lipinski definition) is 4. The number of fused-ring (bicyclic) bond motifs is 1. The summed E-state index contributed by atoms with van der Waals surface area (Å²) >= 11 is 18.3. The molecule has 29 heavy (non-hydrogen) atoms. The molecule has 0 bridgehead atoms. The van der Waals surface area contributed by atoms with Crippen molar-refractivity contribution in [1.82, 2.24) is 4.57 Å². The molecule has 6 nitrogen and oxygen atoms in total. The number of aromatic nitrogens is 1. The van der Waals surface area contributed by atoms with Crippen LogP contribution in [0.15, 0.2) is 42.6 Å². The zero-order chi connectivity index (χ0) is 21.9. The van der Waals surface area contributed by atoms with Gasteiger partial charge in [-0.15, -0.1) is 0 Å². The molecule has 1 unspecified atom stereocenters. The summed E-state index contributed by atoms with van der Waals surface area (Å²) in [5.41, 5.74) is 8.39. The second-order valence-electron chi connectivity index (χ2n) is 6.29. The first-order valence-electron chi connectivity index (χ1n) is 8.40. The fourth-order valence-corrected chi connectivity index (χ4v) is 3.10. The average molecular weight is 478 g/mol. The van der Waals surface area contributed by atoms with Crippen LogP contribution in [0.3, 0.4) is 0 Å². The van der Waals surface area contributed by atoms with Crippen molar-refractivity contribution in [2.24, 2.45) is 5.73 Å². The molecule has 3 aromatic rings. The third-order valence-electron chi connectivity index (χ3n) is 3.99. The Bertz CT molecular complexity index is 1150. The normalized spacial score (nSPS) is 12.4. The number of nitrogens with two attached hydrogens (primary N) is 1. The fraction of sp³-hybridized carbons (Fsp3) is 0.211. The predicted octanol–water partition coefficient (Wildman–Crippen LogP) is 5.15. The zero-order valence-corrected chi connectivity index (χ0v) is 18.6. The third-order valence-corrected chi connectivity index (χ3v) is 4.97. The number of halogens is 3. The van der Waals surface area contributed by atoms with Crippen molar-refractivity contribution in [1.29, 1.82) is 0 Å². The fourth-order valence-electron chi connectivity index (χ4n) is 2.63. The maximum absolute atomic E-state index is 12.6. The average Bonchev–Trinajstić information content (AvgIpc) is 3.00. The number of benzene rings is 2. The molecule has 0 saturated carbocycles. The first-order valence-corrected chi connectivity index (χ1v) is 11.4. The zero-order valence-electron chi connectivity index (χ0n) is 15.6. The van der Waals surface area contributed by atoms with E-state index in [2.05, 4.69) is 0 Å². The lowest BCUT2D eigenvalue weighted by atomic mass is 10.1. The van der Waals surface area contributed by atoms with Crippen molar-refractivity contribution in [3.8, 4) is 11.1 Å². The molecule has 0 spiro atoms. The highest BCUT2D eigenvalue weighted by Crippen LogP contribution is 2.35. The van der Waals surface area contributed by atoms with E-state index in [9.17, 15) is 13.2 Å². The molecule has 1 aromatic heterocycles. The molecule has 0 amide bonds. The van der Waals surface area contributed by atoms with E-state index in [0.717, 1.165) is 22.0 Å². The number of carbonyl (C=O) groups is 1. The molecular formula is C19H19Cl3N2O4S. The van der Waals surface area contributed by atoms with Crippen LogP contribution in [0.4, 0.5) is 0 Å². The number of rotatable bonds is 3. The van der Waals surface area contributed by atoms with Gasteiger partial charge in [0, 0.05) is 22.2 Å². The molecule has 0 radical (unpaired) electrons. The van der Waals surface area contributed by atoms with Crippen molar-refractivity contribution < 1.29 is 17.8 Å². The summed E-state index contributed by atoms with van der Waals surface area (Å²) < 4.78 is 27.4. The molecule has 0 aliphatic carbocycles. The lowest BCUT2D eigenvalue weighted by Crippen LogP contribution is -2.33. The Labute approximate surface area is 183 Å². The molecule has 0 aliphatic rings. The highest BCUT2D eigenvalue weighted by Gasteiger charge is 2.19. The van der Waals surface area contributed by atoms with Crippen LogP contribution in [-0.4, -0.2) is 35.7 Å². The Kier molecular flexibility index (Phi) is 7.73. The first kappa shape index (κ1) is 23.7. The topological polar surface area (TPSA) is 102 Å². The van der Waals surface area contributed by atoms with Gasteiger partial charge >= 0.3 is 0 Å². The van der Waals surface area contributed by atoms with Crippen LogP contribution in [0.1, 0.15) is 18.1 Å². The lowest BCUT2D eigenvalue weighted by molar-refractivity contribution is 0.0883. The SMILES string of the molecule is CCC(N)C(=O)n1cc(-c2ccc(Cl)c(Cl)c2)c2cc(Cl)ccc21.CS(=O)(=O)O. The molecule has 156 valence electrons. The van der Waals surface area contributed by atoms with Crippen LogP contribution in [0, 0.1) is 0 Å². The Balaban J connectivity index is 0.000000537. The summed E-state index contributed by atoms with van der Waals surface area (Å²) in [5.74, 6) is -0.156. The molecule has 0 fully saturated rings. The van der Waals surface area contributed by atoms with Crippen molar-refractivity contribution in [3.63, 3.8) is 0 Å². The van der Waals surface area contributed by atoms with Crippen molar-refractivity contribution >= 4 is 61.7 Å². The summed E-state index contributed by atoms with van der Waals surface area (Å²) in [7, 11) is -3.67. The summed E-state index contributed by atoms with van der Waals surface area (Å²) in [4.78, 5) is 12.6. The highest BCUT2D eigenvalue weighted by atomic mass is 35.5. The van der Waals surface area contributed by atoms with Gasteiger partial charge < -0.3 is 5.73 Å². The van der Waals surface area contributed by atoms with Crippen molar-refractivity contribution in [2.45, 2.75) is 19.4 Å². The van der Waals surface area contributed by atoms with E-state index in [-0.39, 0.29) is 5.91 Å². The van der Waals surface area contributed by atoms with E-state index in [4.69, 9.17) is 45.1 Å². The minimum atomic E-state index is -3.67. The predicted molar refractivity (Wildman–Crippen MR) is 119 cm³/mol. The summed E-state index contributed by atoms with van der Waals surface area (Å²) in [6.07, 6.45) is 3.06. The van der Waals surface area contributed by atoms with Gasteiger partial charge in [-0.1, -0.05) is 47.8 Å². The third kappa shape index (κ3) is 6.18. The summed E-state index contributed by atoms with van der Waals surface area (Å²) in [5, 5.41) is 2.38. The van der Waals surface area contributed by atoms with Crippen LogP contribution in [0.2, 0.25) is 15.1 Å². The largest absolute Gasteiger partial charge is 0.320 e. The standard InChI is InChI=1S/C18H15Cl3N2O.CH4O3S/c1-2-16(22)18(24)23-9-13(10-3-5-14(20)15(21)7-10)12-8-11(19)4-6-17(12)23;1-5(2,3)4/h3-9,16H,2,22H2,1H3;1H3,(H,2,3,4). The van der Waals surface area contributed by atoms with Crippen molar-refractivity contribution in [2.75, 3.05) is 6.26 Å². The summed E-state index contributed by atoms with van der Waals surface area (Å²) in [6.45, 7) is 1.88. The maximum Gasteiger partial charge on any atom is 0.261 e. The Morgan fingerprint density at radius 1 is 1.14 bits per heavy atom. The van der Waals surface area contributed by atoms with Gasteiger partial charge in [-0.25, -0.2) is 0 Å². The molecule has 3 rings (SSSR count). The van der Waals surface area contributed by atoms with Crippen LogP contribution >= 0.6 is 34.8 Å². The molecule has 3 N–H and O–H groups in total. The van der Waals surface area contributed by atoms with Gasteiger partial charge in [0.15, 0.2) is 0 Å². The molecule has 0 saturated heterocycles. The van der Waals surface area contributed by atoms with E-state index in [1.54, 1.807) is 29.0 Å². The molecule has 10 heteroatoms. The Morgan fingerprint density at radius 2 is 1.76 bits per heavy atom. The lowest BCUT2D eigenvalue weighted by Gasteiger charge is -2.09. The number of carbonyl (C=O) groups excluding carboxylic acids is 1. The Hall–Kier alpha value is -1.61. The maximum atomic E-state index is 12.6. The van der Waals surface area contributed by atoms with Crippen molar-refractivity contribution in [3.05, 3.63) is 57.7 Å².